The van der Waals surface area contributed by atoms with E-state index < -0.39 is 10.0 Å². The highest BCUT2D eigenvalue weighted by molar-refractivity contribution is 7.89. The van der Waals surface area contributed by atoms with E-state index in [-0.39, 0.29) is 17.3 Å². The van der Waals surface area contributed by atoms with Crippen molar-refractivity contribution in [3.8, 4) is 5.75 Å². The Morgan fingerprint density at radius 1 is 1.19 bits per heavy atom. The molecular weight excluding hydrogens is 294 g/mol. The number of aryl methyl sites for hydroxylation is 3. The van der Waals surface area contributed by atoms with Gasteiger partial charge in [0.25, 0.3) is 0 Å². The number of nitrogens with zero attached hydrogens (tertiary/aromatic N) is 2. The van der Waals surface area contributed by atoms with Crippen molar-refractivity contribution in [1.29, 1.82) is 0 Å². The number of rotatable bonds is 5. The molecule has 0 saturated heterocycles. The summed E-state index contributed by atoms with van der Waals surface area (Å²) in [4.78, 5) is 0.0873. The number of benzene rings is 1. The summed E-state index contributed by atoms with van der Waals surface area (Å²) in [5, 5.41) is 7.39. The molecule has 0 unspecified atom stereocenters. The van der Waals surface area contributed by atoms with Crippen LogP contribution in [0, 0.1) is 20.8 Å². The van der Waals surface area contributed by atoms with Crippen molar-refractivity contribution in [2.75, 3.05) is 7.11 Å². The Hall–Kier alpha value is -1.93. The van der Waals surface area contributed by atoms with Gasteiger partial charge in [-0.1, -0.05) is 0 Å². The van der Waals surface area contributed by atoms with Crippen molar-refractivity contribution < 1.29 is 17.6 Å². The molecule has 2 aromatic rings. The number of nitrogens with one attached hydrogen (secondary N) is 1. The zero-order chi connectivity index (χ0) is 15.6. The van der Waals surface area contributed by atoms with Crippen LogP contribution in [-0.2, 0) is 16.6 Å². The summed E-state index contributed by atoms with van der Waals surface area (Å²) in [7, 11) is -2.30. The van der Waals surface area contributed by atoms with Crippen molar-refractivity contribution in [3.63, 3.8) is 0 Å². The van der Waals surface area contributed by atoms with Crippen LogP contribution in [0.25, 0.3) is 0 Å². The van der Waals surface area contributed by atoms with Crippen LogP contribution >= 0.6 is 0 Å². The van der Waals surface area contributed by atoms with Crippen LogP contribution in [-0.4, -0.2) is 25.7 Å². The number of hydrogen-bond donors (Lipinski definition) is 1. The van der Waals surface area contributed by atoms with E-state index in [4.69, 9.17) is 9.15 Å². The Labute approximate surface area is 123 Å². The van der Waals surface area contributed by atoms with E-state index in [1.54, 1.807) is 19.1 Å². The van der Waals surface area contributed by atoms with Crippen LogP contribution in [0.1, 0.15) is 22.9 Å². The van der Waals surface area contributed by atoms with Crippen LogP contribution in [0.2, 0.25) is 0 Å². The Kier molecular flexibility index (Phi) is 4.29. The van der Waals surface area contributed by atoms with Gasteiger partial charge in [-0.15, -0.1) is 10.2 Å². The lowest BCUT2D eigenvalue weighted by Crippen LogP contribution is -2.24. The SMILES string of the molecule is COc1cc(C)c(C)cc1S(=O)(=O)NCc1nnc(C)o1. The molecule has 0 atom stereocenters. The minimum absolute atomic E-state index is 0.0702. The minimum Gasteiger partial charge on any atom is -0.495 e. The zero-order valence-electron chi connectivity index (χ0n) is 12.3. The first kappa shape index (κ1) is 15.5. The highest BCUT2D eigenvalue weighted by Gasteiger charge is 2.21. The van der Waals surface area contributed by atoms with Gasteiger partial charge in [0.2, 0.25) is 21.8 Å². The molecule has 1 aromatic heterocycles. The van der Waals surface area contributed by atoms with E-state index in [1.165, 1.54) is 7.11 Å². The molecule has 0 radical (unpaired) electrons. The molecule has 1 heterocycles. The molecule has 1 N–H and O–H groups in total. The van der Waals surface area contributed by atoms with Gasteiger partial charge in [0.05, 0.1) is 13.7 Å². The lowest BCUT2D eigenvalue weighted by Gasteiger charge is -2.12. The third-order valence-electron chi connectivity index (χ3n) is 3.05. The van der Waals surface area contributed by atoms with Crippen LogP contribution < -0.4 is 9.46 Å². The van der Waals surface area contributed by atoms with Gasteiger partial charge in [0.15, 0.2) is 0 Å². The van der Waals surface area contributed by atoms with Gasteiger partial charge < -0.3 is 9.15 Å². The van der Waals surface area contributed by atoms with E-state index in [2.05, 4.69) is 14.9 Å². The molecule has 1 aromatic carbocycles. The maximum atomic E-state index is 12.4. The lowest BCUT2D eigenvalue weighted by atomic mass is 10.1. The first-order valence-corrected chi connectivity index (χ1v) is 7.75. The van der Waals surface area contributed by atoms with Gasteiger partial charge in [0, 0.05) is 6.92 Å². The second-order valence-corrected chi connectivity index (χ2v) is 6.36. The maximum Gasteiger partial charge on any atom is 0.244 e. The Morgan fingerprint density at radius 2 is 1.86 bits per heavy atom. The number of ether oxygens (including phenoxy) is 1. The van der Waals surface area contributed by atoms with E-state index in [0.29, 0.717) is 11.6 Å². The van der Waals surface area contributed by atoms with Gasteiger partial charge in [-0.3, -0.25) is 0 Å². The molecule has 114 valence electrons. The molecule has 0 spiro atoms. The van der Waals surface area contributed by atoms with Crippen LogP contribution in [0.4, 0.5) is 0 Å². The molecule has 2 rings (SSSR count). The normalized spacial score (nSPS) is 11.6. The minimum atomic E-state index is -3.73. The second kappa shape index (κ2) is 5.82. The fourth-order valence-electron chi connectivity index (χ4n) is 1.78. The highest BCUT2D eigenvalue weighted by Crippen LogP contribution is 2.27. The van der Waals surface area contributed by atoms with Gasteiger partial charge in [-0.25, -0.2) is 13.1 Å². The van der Waals surface area contributed by atoms with Crippen molar-refractivity contribution in [2.45, 2.75) is 32.2 Å². The quantitative estimate of drug-likeness (QED) is 0.899. The average molecular weight is 311 g/mol. The van der Waals surface area contributed by atoms with Crippen LogP contribution in [0.5, 0.6) is 5.75 Å². The van der Waals surface area contributed by atoms with E-state index in [9.17, 15) is 8.42 Å². The molecule has 0 saturated carbocycles. The molecule has 8 heteroatoms. The van der Waals surface area contributed by atoms with E-state index >= 15 is 0 Å². The van der Waals surface area contributed by atoms with Crippen molar-refractivity contribution in [3.05, 3.63) is 35.0 Å². The fraction of sp³-hybridized carbons (Fsp3) is 0.385. The number of methoxy groups -OCH3 is 1. The van der Waals surface area contributed by atoms with Crippen molar-refractivity contribution in [1.82, 2.24) is 14.9 Å². The first-order valence-electron chi connectivity index (χ1n) is 6.27. The molecule has 0 aliphatic heterocycles. The third-order valence-corrected chi connectivity index (χ3v) is 4.47. The van der Waals surface area contributed by atoms with Crippen LogP contribution in [0.15, 0.2) is 21.4 Å². The molecular formula is C13H17N3O4S. The highest BCUT2D eigenvalue weighted by atomic mass is 32.2. The molecule has 21 heavy (non-hydrogen) atoms. The molecule has 0 aliphatic carbocycles. The fourth-order valence-corrected chi connectivity index (χ4v) is 2.98. The van der Waals surface area contributed by atoms with Gasteiger partial charge in [-0.2, -0.15) is 0 Å². The van der Waals surface area contributed by atoms with E-state index in [0.717, 1.165) is 11.1 Å². The number of aromatic nitrogens is 2. The smallest absolute Gasteiger partial charge is 0.244 e. The van der Waals surface area contributed by atoms with Gasteiger partial charge in [0.1, 0.15) is 10.6 Å². The monoisotopic (exact) mass is 311 g/mol. The summed E-state index contributed by atoms with van der Waals surface area (Å²) in [5.41, 5.74) is 1.82. The molecule has 0 bridgehead atoms. The number of hydrogen-bond acceptors (Lipinski definition) is 6. The first-order chi connectivity index (χ1) is 9.83. The Bertz CT molecular complexity index is 753. The predicted molar refractivity (Wildman–Crippen MR) is 75.5 cm³/mol. The lowest BCUT2D eigenvalue weighted by molar-refractivity contribution is 0.401. The molecule has 7 nitrogen and oxygen atoms in total. The topological polar surface area (TPSA) is 94.3 Å². The van der Waals surface area contributed by atoms with Gasteiger partial charge >= 0.3 is 0 Å². The average Bonchev–Trinajstić information content (AvgIpc) is 2.85. The van der Waals surface area contributed by atoms with Crippen molar-refractivity contribution >= 4 is 10.0 Å². The molecule has 0 amide bonds. The zero-order valence-corrected chi connectivity index (χ0v) is 13.1. The third kappa shape index (κ3) is 3.40. The number of sulfonamides is 1. The summed E-state index contributed by atoms with van der Waals surface area (Å²) in [6.45, 7) is 5.30. The Morgan fingerprint density at radius 3 is 2.43 bits per heavy atom. The molecule has 0 fully saturated rings. The van der Waals surface area contributed by atoms with Gasteiger partial charge in [-0.05, 0) is 37.1 Å². The molecule has 0 aliphatic rings. The van der Waals surface area contributed by atoms with Crippen LogP contribution in [0.3, 0.4) is 0 Å². The summed E-state index contributed by atoms with van der Waals surface area (Å²) in [5.74, 6) is 0.888. The summed E-state index contributed by atoms with van der Waals surface area (Å²) in [6, 6.07) is 3.27. The predicted octanol–water partition coefficient (Wildman–Crippen LogP) is 1.48. The Balaban J connectivity index is 2.28. The summed E-state index contributed by atoms with van der Waals surface area (Å²) >= 11 is 0. The maximum absolute atomic E-state index is 12.4. The largest absolute Gasteiger partial charge is 0.495 e. The standard InChI is InChI=1S/C13H17N3O4S/c1-8-5-11(19-4)12(6-9(8)2)21(17,18)14-7-13-16-15-10(3)20-13/h5-6,14H,7H2,1-4H3. The second-order valence-electron chi connectivity index (χ2n) is 4.63. The summed E-state index contributed by atoms with van der Waals surface area (Å²) in [6.07, 6.45) is 0. The summed E-state index contributed by atoms with van der Waals surface area (Å²) < 4.78 is 37.5. The van der Waals surface area contributed by atoms with Crippen molar-refractivity contribution in [2.24, 2.45) is 0 Å². The van der Waals surface area contributed by atoms with E-state index in [1.807, 2.05) is 13.8 Å².